The number of carbonyl (C=O) groups excluding carboxylic acids is 2. The number of ether oxygens (including phenoxy) is 3. The summed E-state index contributed by atoms with van der Waals surface area (Å²) in [5.41, 5.74) is 0.554. The van der Waals surface area contributed by atoms with Gasteiger partial charge in [0, 0.05) is 12.3 Å². The third kappa shape index (κ3) is 8.79. The lowest BCUT2D eigenvalue weighted by Crippen LogP contribution is -2.29. The van der Waals surface area contributed by atoms with Gasteiger partial charge in [-0.05, 0) is 80.5 Å². The molecule has 2 aliphatic rings. The maximum Gasteiger partial charge on any atom is 0.338 e. The van der Waals surface area contributed by atoms with Crippen LogP contribution in [0.1, 0.15) is 94.3 Å². The Morgan fingerprint density at radius 3 is 2.18 bits per heavy atom. The first-order chi connectivity index (χ1) is 16.6. The summed E-state index contributed by atoms with van der Waals surface area (Å²) in [6, 6.07) is 7.06. The van der Waals surface area contributed by atoms with Gasteiger partial charge in [0.1, 0.15) is 11.9 Å². The van der Waals surface area contributed by atoms with Gasteiger partial charge in [-0.25, -0.2) is 4.79 Å². The zero-order valence-electron chi connectivity index (χ0n) is 20.6. The molecule has 0 heterocycles. The van der Waals surface area contributed by atoms with Gasteiger partial charge in [-0.15, -0.1) is 11.6 Å². The van der Waals surface area contributed by atoms with Crippen LogP contribution in [-0.4, -0.2) is 37.1 Å². The molecule has 34 heavy (non-hydrogen) atoms. The molecule has 2 aliphatic carbocycles. The van der Waals surface area contributed by atoms with Crippen LogP contribution in [0.2, 0.25) is 0 Å². The van der Waals surface area contributed by atoms with Crippen LogP contribution in [-0.2, 0) is 14.3 Å². The second kappa shape index (κ2) is 14.6. The molecule has 0 aliphatic heterocycles. The van der Waals surface area contributed by atoms with E-state index in [-0.39, 0.29) is 30.3 Å². The third-order valence-corrected chi connectivity index (χ3v) is 7.65. The van der Waals surface area contributed by atoms with Crippen molar-refractivity contribution in [2.75, 3.05) is 19.1 Å². The van der Waals surface area contributed by atoms with Gasteiger partial charge in [0.2, 0.25) is 0 Å². The molecule has 190 valence electrons. The molecule has 0 bridgehead atoms. The zero-order valence-corrected chi connectivity index (χ0v) is 21.4. The molecule has 3 rings (SSSR count). The number of esters is 2. The van der Waals surface area contributed by atoms with E-state index in [0.29, 0.717) is 30.9 Å². The van der Waals surface area contributed by atoms with Crippen LogP contribution >= 0.6 is 11.6 Å². The molecule has 0 amide bonds. The highest BCUT2D eigenvalue weighted by Gasteiger charge is 2.31. The number of rotatable bonds is 12. The SMILES string of the molecule is CCCC1CCC(C2CCC(OC(=O)c3ccc(OCCCOC(=O)CCCl)cc3)CC2)CC1. The Bertz CT molecular complexity index is 734. The van der Waals surface area contributed by atoms with E-state index in [1.54, 1.807) is 24.3 Å². The standard InChI is InChI=1S/C28H41ClO5/c1-2-4-21-5-7-22(8-6-21)23-9-15-26(16-10-23)34-28(31)24-11-13-25(14-12-24)32-19-3-20-33-27(30)17-18-29/h11-14,21-23,26H,2-10,15-20H2,1H3. The summed E-state index contributed by atoms with van der Waals surface area (Å²) < 4.78 is 16.5. The number of halogens is 1. The fourth-order valence-electron chi connectivity index (χ4n) is 5.53. The van der Waals surface area contributed by atoms with E-state index in [4.69, 9.17) is 25.8 Å². The number of carbonyl (C=O) groups is 2. The predicted molar refractivity (Wildman–Crippen MR) is 134 cm³/mol. The first-order valence-electron chi connectivity index (χ1n) is 13.2. The summed E-state index contributed by atoms with van der Waals surface area (Å²) in [6.45, 7) is 3.04. The fourth-order valence-corrected chi connectivity index (χ4v) is 5.68. The van der Waals surface area contributed by atoms with Crippen molar-refractivity contribution in [3.8, 4) is 5.75 Å². The van der Waals surface area contributed by atoms with E-state index < -0.39 is 0 Å². The Labute approximate surface area is 209 Å². The lowest BCUT2D eigenvalue weighted by molar-refractivity contribution is -0.143. The molecule has 1 aromatic carbocycles. The number of benzene rings is 1. The minimum Gasteiger partial charge on any atom is -0.493 e. The van der Waals surface area contributed by atoms with Crippen molar-refractivity contribution in [1.82, 2.24) is 0 Å². The van der Waals surface area contributed by atoms with Gasteiger partial charge in [-0.2, -0.15) is 0 Å². The van der Waals surface area contributed by atoms with Crippen molar-refractivity contribution in [3.05, 3.63) is 29.8 Å². The Morgan fingerprint density at radius 1 is 0.912 bits per heavy atom. The molecule has 0 aromatic heterocycles. The van der Waals surface area contributed by atoms with Gasteiger partial charge in [0.15, 0.2) is 0 Å². The zero-order chi connectivity index (χ0) is 24.2. The molecule has 5 nitrogen and oxygen atoms in total. The molecule has 6 heteroatoms. The van der Waals surface area contributed by atoms with Crippen LogP contribution < -0.4 is 4.74 Å². The van der Waals surface area contributed by atoms with Crippen molar-refractivity contribution < 1.29 is 23.8 Å². The molecule has 0 saturated heterocycles. The molecule has 0 radical (unpaired) electrons. The van der Waals surface area contributed by atoms with Crippen molar-refractivity contribution >= 4 is 23.5 Å². The topological polar surface area (TPSA) is 61.8 Å². The summed E-state index contributed by atoms with van der Waals surface area (Å²) >= 11 is 5.49. The predicted octanol–water partition coefficient (Wildman–Crippen LogP) is 6.95. The van der Waals surface area contributed by atoms with E-state index in [1.807, 2.05) is 0 Å². The molecule has 0 unspecified atom stereocenters. The van der Waals surface area contributed by atoms with Crippen molar-refractivity contribution in [2.45, 2.75) is 90.1 Å². The third-order valence-electron chi connectivity index (χ3n) is 7.46. The molecular weight excluding hydrogens is 452 g/mol. The summed E-state index contributed by atoms with van der Waals surface area (Å²) in [6.07, 6.45) is 13.5. The minimum atomic E-state index is -0.291. The largest absolute Gasteiger partial charge is 0.493 e. The first kappa shape index (κ1) is 26.8. The van der Waals surface area contributed by atoms with Crippen LogP contribution in [0, 0.1) is 17.8 Å². The van der Waals surface area contributed by atoms with Crippen molar-refractivity contribution in [1.29, 1.82) is 0 Å². The monoisotopic (exact) mass is 492 g/mol. The molecule has 2 saturated carbocycles. The van der Waals surface area contributed by atoms with Gasteiger partial charge in [-0.3, -0.25) is 4.79 Å². The quantitative estimate of drug-likeness (QED) is 0.179. The highest BCUT2D eigenvalue weighted by Crippen LogP contribution is 2.41. The normalized spacial score (nSPS) is 24.9. The van der Waals surface area contributed by atoms with Gasteiger partial charge >= 0.3 is 11.9 Å². The average molecular weight is 493 g/mol. The Morgan fingerprint density at radius 2 is 1.56 bits per heavy atom. The number of hydrogen-bond donors (Lipinski definition) is 0. The van der Waals surface area contributed by atoms with Crippen LogP contribution in [0.3, 0.4) is 0 Å². The smallest absolute Gasteiger partial charge is 0.338 e. The second-order valence-electron chi connectivity index (χ2n) is 9.90. The minimum absolute atomic E-state index is 0.0395. The summed E-state index contributed by atoms with van der Waals surface area (Å²) in [7, 11) is 0. The summed E-state index contributed by atoms with van der Waals surface area (Å²) in [5.74, 6) is 3.07. The van der Waals surface area contributed by atoms with Crippen molar-refractivity contribution in [2.24, 2.45) is 17.8 Å². The Hall–Kier alpha value is -1.75. The number of alkyl halides is 1. The maximum absolute atomic E-state index is 12.6. The first-order valence-corrected chi connectivity index (χ1v) is 13.8. The molecule has 0 atom stereocenters. The Balaban J connectivity index is 1.32. The molecule has 0 N–H and O–H groups in total. The van der Waals surface area contributed by atoms with Crippen LogP contribution in [0.5, 0.6) is 5.75 Å². The van der Waals surface area contributed by atoms with Gasteiger partial charge < -0.3 is 14.2 Å². The average Bonchev–Trinajstić information content (AvgIpc) is 2.85. The lowest BCUT2D eigenvalue weighted by Gasteiger charge is -2.37. The van der Waals surface area contributed by atoms with E-state index in [9.17, 15) is 9.59 Å². The molecule has 1 aromatic rings. The number of hydrogen-bond acceptors (Lipinski definition) is 5. The molecule has 2 fully saturated rings. The summed E-state index contributed by atoms with van der Waals surface area (Å²) in [4.78, 5) is 23.8. The van der Waals surface area contributed by atoms with Gasteiger partial charge in [0.25, 0.3) is 0 Å². The maximum atomic E-state index is 12.6. The molecular formula is C28H41ClO5. The second-order valence-corrected chi connectivity index (χ2v) is 10.3. The van der Waals surface area contributed by atoms with Crippen molar-refractivity contribution in [3.63, 3.8) is 0 Å². The van der Waals surface area contributed by atoms with Gasteiger partial charge in [-0.1, -0.05) is 32.6 Å². The van der Waals surface area contributed by atoms with E-state index >= 15 is 0 Å². The molecule has 0 spiro atoms. The highest BCUT2D eigenvalue weighted by atomic mass is 35.5. The van der Waals surface area contributed by atoms with E-state index in [1.165, 1.54) is 51.4 Å². The van der Waals surface area contributed by atoms with Gasteiger partial charge in [0.05, 0.1) is 25.2 Å². The fraction of sp³-hybridized carbons (Fsp3) is 0.714. The van der Waals surface area contributed by atoms with E-state index in [0.717, 1.165) is 30.6 Å². The summed E-state index contributed by atoms with van der Waals surface area (Å²) in [5, 5.41) is 0. The van der Waals surface area contributed by atoms with Crippen LogP contribution in [0.4, 0.5) is 0 Å². The highest BCUT2D eigenvalue weighted by molar-refractivity contribution is 6.18. The lowest BCUT2D eigenvalue weighted by atomic mass is 9.70. The van der Waals surface area contributed by atoms with Crippen LogP contribution in [0.25, 0.3) is 0 Å². The Kier molecular flexibility index (Phi) is 11.5. The van der Waals surface area contributed by atoms with E-state index in [2.05, 4.69) is 6.92 Å². The van der Waals surface area contributed by atoms with Crippen LogP contribution in [0.15, 0.2) is 24.3 Å².